The van der Waals surface area contributed by atoms with Crippen LogP contribution in [0.5, 0.6) is 0 Å². The molecule has 1 saturated heterocycles. The van der Waals surface area contributed by atoms with Gasteiger partial charge in [-0.2, -0.15) is 4.31 Å². The molecule has 2 rings (SSSR count). The van der Waals surface area contributed by atoms with Crippen LogP contribution >= 0.6 is 0 Å². The molecule has 4 heteroatoms. The minimum absolute atomic E-state index is 0.255. The molecule has 0 saturated carbocycles. The van der Waals surface area contributed by atoms with Gasteiger partial charge < -0.3 is 0 Å². The zero-order chi connectivity index (χ0) is 11.8. The number of hydrogen-bond acceptors (Lipinski definition) is 2. The van der Waals surface area contributed by atoms with E-state index >= 15 is 0 Å². The molecule has 0 N–H and O–H groups in total. The minimum Gasteiger partial charge on any atom is -0.207 e. The van der Waals surface area contributed by atoms with Crippen LogP contribution in [0, 0.1) is 0 Å². The summed E-state index contributed by atoms with van der Waals surface area (Å²) >= 11 is 0. The van der Waals surface area contributed by atoms with E-state index in [0.29, 0.717) is 11.4 Å². The molecule has 1 fully saturated rings. The van der Waals surface area contributed by atoms with Crippen LogP contribution in [0.25, 0.3) is 0 Å². The Labute approximate surface area is 97.1 Å². The van der Waals surface area contributed by atoms with Crippen LogP contribution in [0.2, 0.25) is 0 Å². The predicted octanol–water partition coefficient (Wildman–Crippen LogP) is 2.25. The van der Waals surface area contributed by atoms with Crippen LogP contribution < -0.4 is 0 Å². The van der Waals surface area contributed by atoms with Gasteiger partial charge in [0.1, 0.15) is 0 Å². The summed E-state index contributed by atoms with van der Waals surface area (Å²) in [6, 6.07) is 8.66. The van der Waals surface area contributed by atoms with E-state index in [1.807, 2.05) is 19.9 Å². The molecule has 88 valence electrons. The van der Waals surface area contributed by atoms with Crippen molar-refractivity contribution in [3.8, 4) is 0 Å². The van der Waals surface area contributed by atoms with Gasteiger partial charge in [-0.05, 0) is 38.8 Å². The Bertz CT molecular complexity index is 465. The van der Waals surface area contributed by atoms with Gasteiger partial charge in [-0.1, -0.05) is 18.2 Å². The number of hydrogen-bond donors (Lipinski definition) is 0. The van der Waals surface area contributed by atoms with Gasteiger partial charge in [0.05, 0.1) is 4.90 Å². The average molecular weight is 239 g/mol. The normalized spacial score (nSPS) is 21.1. The lowest BCUT2D eigenvalue weighted by molar-refractivity contribution is 0.292. The van der Waals surface area contributed by atoms with Gasteiger partial charge in [0.15, 0.2) is 0 Å². The first-order valence-electron chi connectivity index (χ1n) is 5.52. The summed E-state index contributed by atoms with van der Waals surface area (Å²) in [4.78, 5) is 0.393. The molecule has 1 aliphatic rings. The highest BCUT2D eigenvalue weighted by Gasteiger charge is 2.40. The van der Waals surface area contributed by atoms with Crippen molar-refractivity contribution in [3.63, 3.8) is 0 Å². The van der Waals surface area contributed by atoms with Crippen molar-refractivity contribution in [2.45, 2.75) is 37.1 Å². The second kappa shape index (κ2) is 3.86. The number of sulfonamides is 1. The van der Waals surface area contributed by atoms with E-state index in [1.165, 1.54) is 0 Å². The average Bonchev–Trinajstić information content (AvgIpc) is 2.60. The van der Waals surface area contributed by atoms with Gasteiger partial charge in [0, 0.05) is 12.1 Å². The largest absolute Gasteiger partial charge is 0.243 e. The molecule has 0 aliphatic carbocycles. The van der Waals surface area contributed by atoms with E-state index in [1.54, 1.807) is 28.6 Å². The molecule has 0 atom stereocenters. The first-order chi connectivity index (χ1) is 7.44. The van der Waals surface area contributed by atoms with Gasteiger partial charge in [-0.25, -0.2) is 8.42 Å². The third-order valence-electron chi connectivity index (χ3n) is 3.16. The number of nitrogens with zero attached hydrogens (tertiary/aromatic N) is 1. The first kappa shape index (κ1) is 11.6. The predicted molar refractivity (Wildman–Crippen MR) is 63.6 cm³/mol. The van der Waals surface area contributed by atoms with Gasteiger partial charge in [0.25, 0.3) is 0 Å². The summed E-state index contributed by atoms with van der Waals surface area (Å²) in [6.45, 7) is 4.60. The van der Waals surface area contributed by atoms with Crippen LogP contribution in [0.4, 0.5) is 0 Å². The van der Waals surface area contributed by atoms with Crippen molar-refractivity contribution in [2.75, 3.05) is 6.54 Å². The Morgan fingerprint density at radius 2 is 1.81 bits per heavy atom. The molecule has 1 aromatic carbocycles. The molecule has 0 amide bonds. The fraction of sp³-hybridized carbons (Fsp3) is 0.500. The molecule has 0 bridgehead atoms. The van der Waals surface area contributed by atoms with Crippen LogP contribution in [0.3, 0.4) is 0 Å². The van der Waals surface area contributed by atoms with Crippen molar-refractivity contribution in [1.82, 2.24) is 4.31 Å². The van der Waals surface area contributed by atoms with Gasteiger partial charge >= 0.3 is 0 Å². The van der Waals surface area contributed by atoms with Gasteiger partial charge in [0.2, 0.25) is 10.0 Å². The van der Waals surface area contributed by atoms with Crippen LogP contribution in [0.15, 0.2) is 35.2 Å². The summed E-state index contributed by atoms with van der Waals surface area (Å²) in [6.07, 6.45) is 1.87. The minimum atomic E-state index is -3.31. The lowest BCUT2D eigenvalue weighted by Gasteiger charge is -2.30. The molecule has 1 aromatic rings. The monoisotopic (exact) mass is 239 g/mol. The number of benzene rings is 1. The van der Waals surface area contributed by atoms with E-state index in [2.05, 4.69) is 0 Å². The summed E-state index contributed by atoms with van der Waals surface area (Å²) in [5.74, 6) is 0. The van der Waals surface area contributed by atoms with E-state index in [9.17, 15) is 8.42 Å². The highest BCUT2D eigenvalue weighted by atomic mass is 32.2. The quantitative estimate of drug-likeness (QED) is 0.793. The zero-order valence-electron chi connectivity index (χ0n) is 9.68. The summed E-state index contributed by atoms with van der Waals surface area (Å²) < 4.78 is 26.4. The lowest BCUT2D eigenvalue weighted by atomic mass is 10.0. The molecule has 0 unspecified atom stereocenters. The Kier molecular flexibility index (Phi) is 2.80. The molecule has 16 heavy (non-hydrogen) atoms. The molecule has 0 aromatic heterocycles. The molecular weight excluding hydrogens is 222 g/mol. The van der Waals surface area contributed by atoms with Crippen molar-refractivity contribution in [3.05, 3.63) is 30.3 Å². The van der Waals surface area contributed by atoms with Crippen molar-refractivity contribution < 1.29 is 8.42 Å². The van der Waals surface area contributed by atoms with E-state index < -0.39 is 10.0 Å². The maximum Gasteiger partial charge on any atom is 0.243 e. The van der Waals surface area contributed by atoms with Crippen LogP contribution in [-0.4, -0.2) is 24.8 Å². The third kappa shape index (κ3) is 1.87. The number of rotatable bonds is 2. The SMILES string of the molecule is CC1(C)CCCN1S(=O)(=O)c1ccccc1. The Morgan fingerprint density at radius 3 is 2.31 bits per heavy atom. The van der Waals surface area contributed by atoms with Crippen molar-refractivity contribution in [2.24, 2.45) is 0 Å². The molecule has 3 nitrogen and oxygen atoms in total. The molecule has 1 aliphatic heterocycles. The smallest absolute Gasteiger partial charge is 0.207 e. The zero-order valence-corrected chi connectivity index (χ0v) is 10.5. The van der Waals surface area contributed by atoms with Gasteiger partial charge in [-0.15, -0.1) is 0 Å². The third-order valence-corrected chi connectivity index (χ3v) is 5.28. The fourth-order valence-corrected chi connectivity index (χ4v) is 4.11. The topological polar surface area (TPSA) is 37.4 Å². The lowest BCUT2D eigenvalue weighted by Crippen LogP contribution is -2.42. The fourth-order valence-electron chi connectivity index (χ4n) is 2.25. The van der Waals surface area contributed by atoms with Crippen LogP contribution in [-0.2, 0) is 10.0 Å². The summed E-state index contributed by atoms with van der Waals surface area (Å²) in [7, 11) is -3.31. The molecule has 0 radical (unpaired) electrons. The van der Waals surface area contributed by atoms with E-state index in [0.717, 1.165) is 12.8 Å². The standard InChI is InChI=1S/C12H17NO2S/c1-12(2)9-6-10-13(12)16(14,15)11-7-4-3-5-8-11/h3-5,7-8H,6,9-10H2,1-2H3. The highest BCUT2D eigenvalue weighted by Crippen LogP contribution is 2.33. The van der Waals surface area contributed by atoms with E-state index in [4.69, 9.17) is 0 Å². The van der Waals surface area contributed by atoms with Crippen molar-refractivity contribution in [1.29, 1.82) is 0 Å². The Balaban J connectivity index is 2.41. The molecule has 1 heterocycles. The second-order valence-electron chi connectivity index (χ2n) is 4.81. The Hall–Kier alpha value is -0.870. The highest BCUT2D eigenvalue weighted by molar-refractivity contribution is 7.89. The van der Waals surface area contributed by atoms with Crippen LogP contribution in [0.1, 0.15) is 26.7 Å². The Morgan fingerprint density at radius 1 is 1.19 bits per heavy atom. The molecular formula is C12H17NO2S. The summed E-state index contributed by atoms with van der Waals surface area (Å²) in [5.41, 5.74) is -0.255. The first-order valence-corrected chi connectivity index (χ1v) is 6.96. The summed E-state index contributed by atoms with van der Waals surface area (Å²) in [5, 5.41) is 0. The maximum atomic E-state index is 12.4. The maximum absolute atomic E-state index is 12.4. The van der Waals surface area contributed by atoms with Gasteiger partial charge in [-0.3, -0.25) is 0 Å². The molecule has 0 spiro atoms. The van der Waals surface area contributed by atoms with E-state index in [-0.39, 0.29) is 5.54 Å². The van der Waals surface area contributed by atoms with Crippen molar-refractivity contribution >= 4 is 10.0 Å². The second-order valence-corrected chi connectivity index (χ2v) is 6.67.